The molecule has 42 heavy (non-hydrogen) atoms. The molecule has 1 aliphatic carbocycles. The van der Waals surface area contributed by atoms with E-state index in [0.717, 1.165) is 69.5 Å². The molecule has 4 N–H and O–H groups in total. The predicted octanol–water partition coefficient (Wildman–Crippen LogP) is 10.2. The van der Waals surface area contributed by atoms with Crippen molar-refractivity contribution in [1.82, 2.24) is 0 Å². The van der Waals surface area contributed by atoms with Crippen LogP contribution in [-0.4, -0.2) is 0 Å². The first-order valence-electron chi connectivity index (χ1n) is 15.3. The molecule has 0 bridgehead atoms. The molecule has 0 radical (unpaired) electrons. The van der Waals surface area contributed by atoms with Gasteiger partial charge in [0.2, 0.25) is 0 Å². The van der Waals surface area contributed by atoms with Gasteiger partial charge in [-0.3, -0.25) is 0 Å². The first-order chi connectivity index (χ1) is 20.0. The molecule has 4 nitrogen and oxygen atoms in total. The van der Waals surface area contributed by atoms with Gasteiger partial charge in [0.1, 0.15) is 23.0 Å². The van der Waals surface area contributed by atoms with Crippen molar-refractivity contribution in [2.45, 2.75) is 79.1 Å². The van der Waals surface area contributed by atoms with Crippen molar-refractivity contribution in [2.24, 2.45) is 11.8 Å². The summed E-state index contributed by atoms with van der Waals surface area (Å²) in [7, 11) is 0. The summed E-state index contributed by atoms with van der Waals surface area (Å²) >= 11 is 0. The molecule has 0 amide bonds. The fourth-order valence-corrected chi connectivity index (χ4v) is 6.72. The number of ether oxygens (including phenoxy) is 2. The van der Waals surface area contributed by atoms with Crippen LogP contribution in [0.2, 0.25) is 0 Å². The zero-order valence-electron chi connectivity index (χ0n) is 26.3. The molecule has 0 aliphatic heterocycles. The van der Waals surface area contributed by atoms with E-state index in [2.05, 4.69) is 71.0 Å². The number of rotatable bonds is 7. The van der Waals surface area contributed by atoms with Crippen molar-refractivity contribution in [1.29, 1.82) is 0 Å². The molecule has 4 aromatic rings. The summed E-state index contributed by atoms with van der Waals surface area (Å²) in [5, 5.41) is 0. The third-order valence-corrected chi connectivity index (χ3v) is 9.65. The number of benzene rings is 4. The van der Waals surface area contributed by atoms with E-state index in [1.165, 1.54) is 17.5 Å². The minimum absolute atomic E-state index is 0.168. The molecule has 1 saturated carbocycles. The van der Waals surface area contributed by atoms with Gasteiger partial charge in [0.15, 0.2) is 0 Å². The molecule has 0 saturated heterocycles. The van der Waals surface area contributed by atoms with Crippen LogP contribution in [0.4, 0.5) is 11.4 Å². The lowest BCUT2D eigenvalue weighted by Gasteiger charge is -2.47. The van der Waals surface area contributed by atoms with E-state index in [0.29, 0.717) is 11.8 Å². The topological polar surface area (TPSA) is 70.5 Å². The summed E-state index contributed by atoms with van der Waals surface area (Å²) in [5.74, 6) is 5.00. The van der Waals surface area contributed by atoms with Gasteiger partial charge in [0.05, 0.1) is 0 Å². The van der Waals surface area contributed by atoms with Crippen LogP contribution in [-0.2, 0) is 5.41 Å². The normalized spacial score (nSPS) is 20.5. The second-order valence-electron chi connectivity index (χ2n) is 12.9. The molecule has 1 fully saturated rings. The van der Waals surface area contributed by atoms with Gasteiger partial charge in [-0.2, -0.15) is 0 Å². The first kappa shape index (κ1) is 29.6. The zero-order chi connectivity index (χ0) is 30.2. The Morgan fingerprint density at radius 3 is 1.83 bits per heavy atom. The van der Waals surface area contributed by atoms with Crippen molar-refractivity contribution in [3.05, 3.63) is 106 Å². The Balaban J connectivity index is 1.64. The van der Waals surface area contributed by atoms with Crippen molar-refractivity contribution in [3.8, 4) is 23.0 Å². The molecule has 4 aromatic carbocycles. The van der Waals surface area contributed by atoms with E-state index in [1.54, 1.807) is 0 Å². The van der Waals surface area contributed by atoms with Crippen LogP contribution in [0.1, 0.15) is 79.3 Å². The summed E-state index contributed by atoms with van der Waals surface area (Å²) < 4.78 is 13.5. The molecular formula is C38H46N2O2. The monoisotopic (exact) mass is 562 g/mol. The van der Waals surface area contributed by atoms with Crippen LogP contribution in [0.15, 0.2) is 72.8 Å². The van der Waals surface area contributed by atoms with Crippen molar-refractivity contribution in [3.63, 3.8) is 0 Å². The Morgan fingerprint density at radius 1 is 0.714 bits per heavy atom. The van der Waals surface area contributed by atoms with E-state index in [9.17, 15) is 0 Å². The van der Waals surface area contributed by atoms with Gasteiger partial charge >= 0.3 is 0 Å². The van der Waals surface area contributed by atoms with Gasteiger partial charge in [-0.15, -0.1) is 0 Å². The van der Waals surface area contributed by atoms with Crippen LogP contribution in [0.3, 0.4) is 0 Å². The number of anilines is 2. The minimum Gasteiger partial charge on any atom is -0.457 e. The molecule has 3 atom stereocenters. The molecule has 0 aromatic heterocycles. The number of aryl methyl sites for hydroxylation is 4. The lowest BCUT2D eigenvalue weighted by molar-refractivity contribution is 0.168. The minimum atomic E-state index is -0.168. The number of nitrogens with two attached hydrogens (primary N) is 2. The molecule has 1 aliphatic rings. The maximum atomic E-state index is 6.73. The van der Waals surface area contributed by atoms with Crippen LogP contribution >= 0.6 is 0 Å². The van der Waals surface area contributed by atoms with Crippen molar-refractivity contribution >= 4 is 11.4 Å². The van der Waals surface area contributed by atoms with Gasteiger partial charge in [-0.05, 0) is 129 Å². The van der Waals surface area contributed by atoms with Crippen LogP contribution in [0.5, 0.6) is 23.0 Å². The summed E-state index contributed by atoms with van der Waals surface area (Å²) in [4.78, 5) is 0. The smallest absolute Gasteiger partial charge is 0.134 e. The number of para-hydroxylation sites is 2. The van der Waals surface area contributed by atoms with Crippen LogP contribution < -0.4 is 20.9 Å². The second-order valence-corrected chi connectivity index (χ2v) is 12.9. The molecule has 5 rings (SSSR count). The maximum Gasteiger partial charge on any atom is 0.134 e. The third kappa shape index (κ3) is 5.72. The summed E-state index contributed by atoms with van der Waals surface area (Å²) in [6.07, 6.45) is 3.33. The standard InChI is InChI=1S/C38H46N2O2/c1-23(2)28-18-19-38(7,32-13-9-11-25(4)37(32)42-30-15-17-35(40)27(6)21-30)33(22-28)31-12-8-10-24(3)36(31)41-29-14-16-34(39)26(5)20-29/h8-17,20-21,23,28,33H,18-19,22,39-40H2,1-7H3. The van der Waals surface area contributed by atoms with E-state index in [4.69, 9.17) is 20.9 Å². The first-order valence-corrected chi connectivity index (χ1v) is 15.3. The highest BCUT2D eigenvalue weighted by Gasteiger charge is 2.45. The molecule has 0 heterocycles. The van der Waals surface area contributed by atoms with E-state index in [-0.39, 0.29) is 11.3 Å². The quantitative estimate of drug-likeness (QED) is 0.220. The van der Waals surface area contributed by atoms with Gasteiger partial charge in [-0.25, -0.2) is 0 Å². The van der Waals surface area contributed by atoms with Gasteiger partial charge in [0, 0.05) is 22.4 Å². The Bertz CT molecular complexity index is 1590. The van der Waals surface area contributed by atoms with Crippen molar-refractivity contribution in [2.75, 3.05) is 11.5 Å². The SMILES string of the molecule is Cc1cc(Oc2c(C)cccc2C2CC(C(C)C)CCC2(C)c2cccc(C)c2Oc2ccc(N)c(C)c2)ccc1N. The lowest BCUT2D eigenvalue weighted by Crippen LogP contribution is -2.38. The number of hydrogen-bond acceptors (Lipinski definition) is 4. The van der Waals surface area contributed by atoms with Crippen LogP contribution in [0, 0.1) is 39.5 Å². The highest BCUT2D eigenvalue weighted by molar-refractivity contribution is 5.56. The largest absolute Gasteiger partial charge is 0.457 e. The van der Waals surface area contributed by atoms with Gasteiger partial charge in [0.25, 0.3) is 0 Å². The molecule has 3 unspecified atom stereocenters. The van der Waals surface area contributed by atoms with E-state index >= 15 is 0 Å². The fraction of sp³-hybridized carbons (Fsp3) is 0.368. The van der Waals surface area contributed by atoms with Gasteiger partial charge < -0.3 is 20.9 Å². The van der Waals surface area contributed by atoms with E-state index in [1.807, 2.05) is 50.2 Å². The summed E-state index contributed by atoms with van der Waals surface area (Å²) in [5.41, 5.74) is 20.4. The molecule has 220 valence electrons. The Morgan fingerprint density at radius 2 is 1.26 bits per heavy atom. The molecule has 0 spiro atoms. The maximum absolute atomic E-state index is 6.73. The highest BCUT2D eigenvalue weighted by atomic mass is 16.5. The zero-order valence-corrected chi connectivity index (χ0v) is 26.3. The Hall–Kier alpha value is -3.92. The second kappa shape index (κ2) is 11.8. The fourth-order valence-electron chi connectivity index (χ4n) is 6.72. The average Bonchev–Trinajstić information content (AvgIpc) is 2.95. The lowest BCUT2D eigenvalue weighted by atomic mass is 9.57. The Labute approximate surface area is 252 Å². The Kier molecular flexibility index (Phi) is 8.28. The summed E-state index contributed by atoms with van der Waals surface area (Å²) in [6.45, 7) is 15.5. The van der Waals surface area contributed by atoms with E-state index < -0.39 is 0 Å². The van der Waals surface area contributed by atoms with Crippen molar-refractivity contribution < 1.29 is 9.47 Å². The predicted molar refractivity (Wildman–Crippen MR) is 176 cm³/mol. The third-order valence-electron chi connectivity index (χ3n) is 9.65. The molecular weight excluding hydrogens is 516 g/mol. The highest BCUT2D eigenvalue weighted by Crippen LogP contribution is 2.56. The molecule has 4 heteroatoms. The average molecular weight is 563 g/mol. The summed E-state index contributed by atoms with van der Waals surface area (Å²) in [6, 6.07) is 25.0. The van der Waals surface area contributed by atoms with Crippen LogP contribution in [0.25, 0.3) is 0 Å². The number of hydrogen-bond donors (Lipinski definition) is 2. The number of nitrogen functional groups attached to an aromatic ring is 2. The van der Waals surface area contributed by atoms with Gasteiger partial charge in [-0.1, -0.05) is 57.2 Å².